The topological polar surface area (TPSA) is 54.4 Å². The molecule has 5 heteroatoms. The van der Waals surface area contributed by atoms with Crippen LogP contribution in [0.3, 0.4) is 0 Å². The lowest BCUT2D eigenvalue weighted by Gasteiger charge is -2.08. The van der Waals surface area contributed by atoms with Crippen molar-refractivity contribution in [1.82, 2.24) is 0 Å². The average molecular weight is 214 g/mol. The summed E-state index contributed by atoms with van der Waals surface area (Å²) in [4.78, 5) is 21.1. The Labute approximate surface area is 84.3 Å². The number of alkyl halides is 2. The van der Waals surface area contributed by atoms with Gasteiger partial charge < -0.3 is 5.11 Å². The zero-order valence-corrected chi connectivity index (χ0v) is 7.61. The van der Waals surface area contributed by atoms with Gasteiger partial charge in [-0.25, -0.2) is 8.78 Å². The van der Waals surface area contributed by atoms with Crippen LogP contribution < -0.4 is 0 Å². The highest BCUT2D eigenvalue weighted by molar-refractivity contribution is 5.92. The molecule has 0 saturated heterocycles. The molecule has 0 radical (unpaired) electrons. The third-order valence-corrected chi connectivity index (χ3v) is 1.97. The number of aliphatic hydroxyl groups excluding tert-OH is 1. The fourth-order valence-corrected chi connectivity index (χ4v) is 1.27. The van der Waals surface area contributed by atoms with Crippen LogP contribution in [0, 0.1) is 0 Å². The minimum absolute atomic E-state index is 0.133. The van der Waals surface area contributed by atoms with Gasteiger partial charge in [0.25, 0.3) is 6.43 Å². The van der Waals surface area contributed by atoms with Gasteiger partial charge >= 0.3 is 0 Å². The summed E-state index contributed by atoms with van der Waals surface area (Å²) in [6.07, 6.45) is -2.32. The van der Waals surface area contributed by atoms with E-state index in [9.17, 15) is 18.4 Å². The number of hydrogen-bond donors (Lipinski definition) is 1. The third-order valence-electron chi connectivity index (χ3n) is 1.97. The number of carbonyl (C=O) groups is 2. The van der Waals surface area contributed by atoms with Crippen molar-refractivity contribution in [3.8, 4) is 0 Å². The van der Waals surface area contributed by atoms with E-state index in [1.54, 1.807) is 0 Å². The summed E-state index contributed by atoms with van der Waals surface area (Å²) in [5.74, 6) is 0. The Morgan fingerprint density at radius 2 is 1.93 bits per heavy atom. The molecule has 0 amide bonds. The van der Waals surface area contributed by atoms with E-state index in [0.717, 1.165) is 6.07 Å². The quantitative estimate of drug-likeness (QED) is 0.776. The number of rotatable bonds is 4. The summed E-state index contributed by atoms with van der Waals surface area (Å²) in [7, 11) is 0. The second kappa shape index (κ2) is 4.75. The Morgan fingerprint density at radius 3 is 2.33 bits per heavy atom. The van der Waals surface area contributed by atoms with E-state index in [1.807, 2.05) is 0 Å². The smallest absolute Gasteiger partial charge is 0.264 e. The number of benzene rings is 1. The summed E-state index contributed by atoms with van der Waals surface area (Å²) in [6.45, 7) is -0.459. The molecule has 0 aliphatic heterocycles. The number of carbonyl (C=O) groups excluding carboxylic acids is 2. The number of aldehydes is 2. The number of hydrogen-bond acceptors (Lipinski definition) is 3. The predicted molar refractivity (Wildman–Crippen MR) is 48.1 cm³/mol. The van der Waals surface area contributed by atoms with Gasteiger partial charge in [0.2, 0.25) is 0 Å². The minimum atomic E-state index is -2.85. The van der Waals surface area contributed by atoms with E-state index >= 15 is 0 Å². The lowest BCUT2D eigenvalue weighted by Crippen LogP contribution is -2.01. The van der Waals surface area contributed by atoms with E-state index in [2.05, 4.69) is 0 Å². The molecule has 3 nitrogen and oxygen atoms in total. The van der Waals surface area contributed by atoms with Crippen LogP contribution in [0.1, 0.15) is 38.3 Å². The molecule has 0 saturated carbocycles. The number of halogens is 2. The second-order valence-corrected chi connectivity index (χ2v) is 2.88. The first-order chi connectivity index (χ1) is 7.13. The normalized spacial score (nSPS) is 10.4. The van der Waals surface area contributed by atoms with Gasteiger partial charge in [-0.15, -0.1) is 0 Å². The van der Waals surface area contributed by atoms with Gasteiger partial charge in [-0.1, -0.05) is 0 Å². The maximum absolute atomic E-state index is 12.5. The molecule has 0 fully saturated rings. The standard InChI is InChI=1S/C10H8F2O3/c11-10(12)8-2-6(3-13)1-7(4-14)9(8)5-15/h1-2,4-5,10,13H,3H2. The monoisotopic (exact) mass is 214 g/mol. The van der Waals surface area contributed by atoms with E-state index in [-0.39, 0.29) is 23.0 Å². The first-order valence-corrected chi connectivity index (χ1v) is 4.10. The van der Waals surface area contributed by atoms with Crippen LogP contribution in [-0.4, -0.2) is 17.7 Å². The van der Waals surface area contributed by atoms with Crippen molar-refractivity contribution in [2.24, 2.45) is 0 Å². The largest absolute Gasteiger partial charge is 0.392 e. The van der Waals surface area contributed by atoms with Gasteiger partial charge in [-0.05, 0) is 17.7 Å². The molecule has 1 N–H and O–H groups in total. The highest BCUT2D eigenvalue weighted by atomic mass is 19.3. The average Bonchev–Trinajstić information content (AvgIpc) is 2.26. The van der Waals surface area contributed by atoms with Crippen molar-refractivity contribution >= 4 is 12.6 Å². The first kappa shape index (κ1) is 11.5. The summed E-state index contributed by atoms with van der Waals surface area (Å²) >= 11 is 0. The van der Waals surface area contributed by atoms with E-state index in [4.69, 9.17) is 5.11 Å². The van der Waals surface area contributed by atoms with Crippen molar-refractivity contribution in [2.45, 2.75) is 13.0 Å². The van der Waals surface area contributed by atoms with E-state index < -0.39 is 18.6 Å². The summed E-state index contributed by atoms with van der Waals surface area (Å²) in [5, 5.41) is 8.78. The second-order valence-electron chi connectivity index (χ2n) is 2.88. The molecule has 0 aliphatic rings. The Bertz CT molecular complexity index is 388. The Balaban J connectivity index is 3.45. The van der Waals surface area contributed by atoms with E-state index in [1.165, 1.54) is 6.07 Å². The summed E-state index contributed by atoms with van der Waals surface area (Å²) in [5.41, 5.74) is -0.805. The van der Waals surface area contributed by atoms with Crippen molar-refractivity contribution in [1.29, 1.82) is 0 Å². The van der Waals surface area contributed by atoms with Crippen molar-refractivity contribution in [2.75, 3.05) is 0 Å². The Hall–Kier alpha value is -1.62. The van der Waals surface area contributed by atoms with Gasteiger partial charge in [-0.3, -0.25) is 9.59 Å². The summed E-state index contributed by atoms with van der Waals surface area (Å²) < 4.78 is 25.0. The van der Waals surface area contributed by atoms with Crippen molar-refractivity contribution < 1.29 is 23.5 Å². The molecule has 0 bridgehead atoms. The fraction of sp³-hybridized carbons (Fsp3) is 0.200. The maximum atomic E-state index is 12.5. The molecule has 0 spiro atoms. The Morgan fingerprint density at radius 1 is 1.27 bits per heavy atom. The van der Waals surface area contributed by atoms with Crippen LogP contribution in [0.25, 0.3) is 0 Å². The lowest BCUT2D eigenvalue weighted by atomic mass is 9.99. The van der Waals surface area contributed by atoms with Crippen LogP contribution in [0.4, 0.5) is 8.78 Å². The fourth-order valence-electron chi connectivity index (χ4n) is 1.27. The Kier molecular flexibility index (Phi) is 3.62. The molecular weight excluding hydrogens is 206 g/mol. The number of aliphatic hydroxyl groups is 1. The predicted octanol–water partition coefficient (Wildman–Crippen LogP) is 1.74. The highest BCUT2D eigenvalue weighted by Crippen LogP contribution is 2.25. The SMILES string of the molecule is O=Cc1cc(CO)cc(C(F)F)c1C=O. The maximum Gasteiger partial charge on any atom is 0.264 e. The highest BCUT2D eigenvalue weighted by Gasteiger charge is 2.17. The van der Waals surface area contributed by atoms with Crippen LogP contribution in [0.5, 0.6) is 0 Å². The molecule has 0 aliphatic carbocycles. The van der Waals surface area contributed by atoms with Gasteiger partial charge in [0, 0.05) is 16.7 Å². The van der Waals surface area contributed by atoms with Gasteiger partial charge in [0.05, 0.1) is 6.61 Å². The van der Waals surface area contributed by atoms with Gasteiger partial charge in [0.1, 0.15) is 0 Å². The first-order valence-electron chi connectivity index (χ1n) is 4.10. The summed E-state index contributed by atoms with van der Waals surface area (Å²) in [6, 6.07) is 2.23. The zero-order chi connectivity index (χ0) is 11.4. The lowest BCUT2D eigenvalue weighted by molar-refractivity contribution is 0.108. The molecular formula is C10H8F2O3. The molecule has 0 atom stereocenters. The minimum Gasteiger partial charge on any atom is -0.392 e. The van der Waals surface area contributed by atoms with Crippen LogP contribution in [0.15, 0.2) is 12.1 Å². The van der Waals surface area contributed by atoms with Crippen molar-refractivity contribution in [3.63, 3.8) is 0 Å². The molecule has 0 aromatic heterocycles. The van der Waals surface area contributed by atoms with Gasteiger partial charge in [-0.2, -0.15) is 0 Å². The van der Waals surface area contributed by atoms with Crippen LogP contribution >= 0.6 is 0 Å². The van der Waals surface area contributed by atoms with Gasteiger partial charge in [0.15, 0.2) is 12.6 Å². The molecule has 0 unspecified atom stereocenters. The zero-order valence-electron chi connectivity index (χ0n) is 7.61. The molecule has 1 aromatic carbocycles. The molecule has 15 heavy (non-hydrogen) atoms. The van der Waals surface area contributed by atoms with E-state index in [0.29, 0.717) is 6.29 Å². The van der Waals surface area contributed by atoms with Crippen LogP contribution in [0.2, 0.25) is 0 Å². The molecule has 1 rings (SSSR count). The van der Waals surface area contributed by atoms with Crippen molar-refractivity contribution in [3.05, 3.63) is 34.4 Å². The molecule has 80 valence electrons. The third kappa shape index (κ3) is 2.24. The molecule has 0 heterocycles. The molecule has 1 aromatic rings. The van der Waals surface area contributed by atoms with Crippen LogP contribution in [-0.2, 0) is 6.61 Å².